The Labute approximate surface area is 352 Å². The van der Waals surface area contributed by atoms with Crippen molar-refractivity contribution in [1.82, 2.24) is 29.4 Å². The van der Waals surface area contributed by atoms with Gasteiger partial charge in [-0.2, -0.15) is 5.10 Å². The van der Waals surface area contributed by atoms with E-state index in [1.165, 1.54) is 12.1 Å². The number of aryl methyl sites for hydroxylation is 5. The first kappa shape index (κ1) is 42.4. The van der Waals surface area contributed by atoms with Crippen LogP contribution in [0.3, 0.4) is 0 Å². The molecule has 314 valence electrons. The topological polar surface area (TPSA) is 135 Å². The molecule has 0 radical (unpaired) electrons. The van der Waals surface area contributed by atoms with Gasteiger partial charge in [0, 0.05) is 54.3 Å². The van der Waals surface area contributed by atoms with Crippen LogP contribution in [0.15, 0.2) is 66.7 Å². The Morgan fingerprint density at radius 3 is 2.40 bits per heavy atom. The van der Waals surface area contributed by atoms with E-state index < -0.39 is 17.5 Å². The Hall–Kier alpha value is -5.76. The molecule has 0 aliphatic carbocycles. The van der Waals surface area contributed by atoms with Crippen LogP contribution in [0.2, 0.25) is 5.02 Å². The number of carbonyl (C=O) groups is 2. The number of halogens is 2. The zero-order valence-electron chi connectivity index (χ0n) is 35.0. The monoisotopic (exact) mass is 836 g/mol. The number of hydrogen-bond donors (Lipinski definition) is 2. The maximum absolute atomic E-state index is 14.4. The molecule has 7 rings (SSSR count). The van der Waals surface area contributed by atoms with Gasteiger partial charge in [-0.25, -0.2) is 19.6 Å². The third-order valence-electron chi connectivity index (χ3n) is 10.7. The maximum atomic E-state index is 14.4. The van der Waals surface area contributed by atoms with Crippen LogP contribution in [0, 0.1) is 26.6 Å². The van der Waals surface area contributed by atoms with Gasteiger partial charge in [0.05, 0.1) is 40.5 Å². The van der Waals surface area contributed by atoms with Crippen molar-refractivity contribution in [2.75, 3.05) is 19.8 Å². The smallest absolute Gasteiger partial charge is 0.355 e. The summed E-state index contributed by atoms with van der Waals surface area (Å²) in [4.78, 5) is 31.3. The van der Waals surface area contributed by atoms with Crippen LogP contribution in [-0.4, -0.2) is 66.4 Å². The number of para-hydroxylation sites is 1. The van der Waals surface area contributed by atoms with Gasteiger partial charge in [0.25, 0.3) is 5.91 Å². The molecule has 3 aromatic heterocycles. The average molecular weight is 837 g/mol. The number of hydroxylamine groups is 1. The summed E-state index contributed by atoms with van der Waals surface area (Å²) in [5.41, 5.74) is 8.03. The summed E-state index contributed by atoms with van der Waals surface area (Å²) in [6.07, 6.45) is 1.64. The third kappa shape index (κ3) is 8.47. The number of benzene rings is 4. The molecule has 0 saturated carbocycles. The van der Waals surface area contributed by atoms with Crippen molar-refractivity contribution in [1.29, 1.82) is 0 Å². The fourth-order valence-corrected chi connectivity index (χ4v) is 8.30. The molecule has 0 spiro atoms. The van der Waals surface area contributed by atoms with E-state index in [9.17, 15) is 19.2 Å². The number of hydrogen-bond acceptors (Lipinski definition) is 8. The summed E-state index contributed by atoms with van der Waals surface area (Å²) in [6, 6.07) is 19.3. The molecule has 0 bridgehead atoms. The van der Waals surface area contributed by atoms with Gasteiger partial charge >= 0.3 is 5.97 Å². The van der Waals surface area contributed by atoms with E-state index in [4.69, 9.17) is 30.9 Å². The Morgan fingerprint density at radius 1 is 0.900 bits per heavy atom. The van der Waals surface area contributed by atoms with Crippen molar-refractivity contribution in [3.05, 3.63) is 112 Å². The number of nitrogens with zero attached hydrogens (tertiary/aromatic N) is 5. The lowest BCUT2D eigenvalue weighted by Crippen LogP contribution is -2.26. The van der Waals surface area contributed by atoms with Crippen LogP contribution in [0.5, 0.6) is 5.75 Å². The van der Waals surface area contributed by atoms with E-state index >= 15 is 0 Å². The van der Waals surface area contributed by atoms with E-state index in [1.807, 2.05) is 98.8 Å². The second kappa shape index (κ2) is 17.5. The van der Waals surface area contributed by atoms with Gasteiger partial charge in [0.2, 0.25) is 0 Å². The predicted molar refractivity (Wildman–Crippen MR) is 231 cm³/mol. The first-order valence-electron chi connectivity index (χ1n) is 20.0. The van der Waals surface area contributed by atoms with Crippen LogP contribution in [-0.2, 0) is 36.0 Å². The number of fused-ring (bicyclic) bond motifs is 3. The van der Waals surface area contributed by atoms with Gasteiger partial charge in [-0.1, -0.05) is 35.9 Å². The second-order valence-electron chi connectivity index (χ2n) is 15.9. The van der Waals surface area contributed by atoms with Crippen molar-refractivity contribution in [2.24, 2.45) is 7.05 Å². The van der Waals surface area contributed by atoms with E-state index in [1.54, 1.807) is 23.7 Å². The Balaban J connectivity index is 1.20. The molecule has 0 atom stereocenters. The lowest BCUT2D eigenvalue weighted by atomic mass is 9.98. The van der Waals surface area contributed by atoms with Crippen LogP contribution < -0.4 is 10.2 Å². The zero-order valence-corrected chi connectivity index (χ0v) is 35.7. The highest BCUT2D eigenvalue weighted by atomic mass is 35.5. The Morgan fingerprint density at radius 2 is 1.67 bits per heavy atom. The largest absolute Gasteiger partial charge is 0.493 e. The molecule has 1 amide bonds. The molecule has 4 aromatic carbocycles. The molecule has 0 saturated heterocycles. The Bertz CT molecular complexity index is 2750. The Kier molecular flexibility index (Phi) is 12.3. The van der Waals surface area contributed by atoms with Crippen molar-refractivity contribution < 1.29 is 33.4 Å². The number of carbonyl (C=O) groups excluding carboxylic acids is 2. The number of amides is 1. The molecule has 0 aliphatic rings. The normalized spacial score (nSPS) is 11.9. The van der Waals surface area contributed by atoms with Crippen LogP contribution in [0.25, 0.3) is 43.8 Å². The zero-order chi connectivity index (χ0) is 42.9. The number of esters is 1. The van der Waals surface area contributed by atoms with Crippen molar-refractivity contribution in [3.8, 4) is 16.9 Å². The second-order valence-corrected chi connectivity index (χ2v) is 16.3. The van der Waals surface area contributed by atoms with E-state index in [2.05, 4.69) is 4.98 Å². The van der Waals surface area contributed by atoms with Crippen molar-refractivity contribution in [2.45, 2.75) is 79.5 Å². The highest BCUT2D eigenvalue weighted by Gasteiger charge is 2.30. The standard InChI is InChI=1S/C46H50ClFN6O6/c1-27-39(28(2)52(7)50-27)40-36(47)20-19-34-33(14-10-24-59-38-16-8-12-30-26-31(48)17-18-32(30)38)43(45(56)60-46(4,5)6)54(42(34)40)21-11-23-58-25-22-53-29(3)49-41-35(44(55)51-57)13-9-15-37(41)53/h8-9,12-13,15-20,26,57H,10-11,14,21-25H2,1-7H3,(H,51,55). The van der Waals surface area contributed by atoms with Gasteiger partial charge in [0.15, 0.2) is 0 Å². The molecule has 0 aliphatic heterocycles. The van der Waals surface area contributed by atoms with E-state index in [0.29, 0.717) is 80.0 Å². The van der Waals surface area contributed by atoms with Crippen molar-refractivity contribution >= 4 is 56.2 Å². The molecule has 2 N–H and O–H groups in total. The average Bonchev–Trinajstić information content (AvgIpc) is 3.79. The number of rotatable bonds is 15. The number of imidazole rings is 1. The molecule has 0 unspecified atom stereocenters. The van der Waals surface area contributed by atoms with Gasteiger partial charge in [0.1, 0.15) is 34.2 Å². The fourth-order valence-electron chi connectivity index (χ4n) is 8.06. The van der Waals surface area contributed by atoms with Gasteiger partial charge in [-0.15, -0.1) is 0 Å². The van der Waals surface area contributed by atoms with Gasteiger partial charge in [-0.3, -0.25) is 14.7 Å². The summed E-state index contributed by atoms with van der Waals surface area (Å²) in [7, 11) is 1.90. The summed E-state index contributed by atoms with van der Waals surface area (Å²) in [6.45, 7) is 13.4. The minimum Gasteiger partial charge on any atom is -0.493 e. The van der Waals surface area contributed by atoms with Crippen LogP contribution in [0.1, 0.15) is 77.2 Å². The molecule has 14 heteroatoms. The summed E-state index contributed by atoms with van der Waals surface area (Å²) in [5, 5.41) is 16.9. The highest BCUT2D eigenvalue weighted by molar-refractivity contribution is 6.35. The fraction of sp³-hybridized carbons (Fsp3) is 0.348. The molecule has 60 heavy (non-hydrogen) atoms. The number of aromatic nitrogens is 5. The first-order valence-corrected chi connectivity index (χ1v) is 20.4. The summed E-state index contributed by atoms with van der Waals surface area (Å²) < 4.78 is 38.4. The summed E-state index contributed by atoms with van der Waals surface area (Å²) in [5.74, 6) is 0.000274. The van der Waals surface area contributed by atoms with Gasteiger partial charge in [-0.05, 0) is 114 Å². The summed E-state index contributed by atoms with van der Waals surface area (Å²) >= 11 is 7.13. The minimum absolute atomic E-state index is 0.281. The minimum atomic E-state index is -0.759. The molecule has 3 heterocycles. The first-order chi connectivity index (χ1) is 28.7. The van der Waals surface area contributed by atoms with Crippen LogP contribution >= 0.6 is 11.6 Å². The van der Waals surface area contributed by atoms with E-state index in [-0.39, 0.29) is 11.4 Å². The quantitative estimate of drug-likeness (QED) is 0.0452. The lowest BCUT2D eigenvalue weighted by Gasteiger charge is -2.21. The molecule has 7 aromatic rings. The molecular formula is C46H50ClFN6O6. The number of nitrogens with one attached hydrogen (secondary N) is 1. The number of ether oxygens (including phenoxy) is 3. The molecule has 0 fully saturated rings. The van der Waals surface area contributed by atoms with Crippen LogP contribution in [0.4, 0.5) is 4.39 Å². The maximum Gasteiger partial charge on any atom is 0.355 e. The highest BCUT2D eigenvalue weighted by Crippen LogP contribution is 2.42. The van der Waals surface area contributed by atoms with Crippen molar-refractivity contribution in [3.63, 3.8) is 0 Å². The predicted octanol–water partition coefficient (Wildman–Crippen LogP) is 9.46. The SMILES string of the molecule is Cc1nn(C)c(C)c1-c1c(Cl)ccc2c(CCCOc3cccc4cc(F)ccc34)c(C(=O)OC(C)(C)C)n(CCCOCCn3c(C)nc4c(C(=O)NO)cccc43)c12. The van der Waals surface area contributed by atoms with E-state index in [0.717, 1.165) is 55.3 Å². The third-order valence-corrected chi connectivity index (χ3v) is 11.0. The lowest BCUT2D eigenvalue weighted by molar-refractivity contribution is 0.00558. The molecule has 12 nitrogen and oxygen atoms in total. The van der Waals surface area contributed by atoms with Gasteiger partial charge < -0.3 is 23.3 Å². The molecular weight excluding hydrogens is 787 g/mol.